The SMILES string of the molecule is C=C[C@H]1CN2CCC1C[C@@H]2[C@@H](O)c1ccnc2ccc(OC)cc12.CC[C@@H](C)[C@H]1OC(=O)[C@@H](C(C)(C)O)N(C)C(=O)[C@H](CC(C)C)NC(=O)[C@H](C(C)C)N(C)C(=O)[C@H]([C@@H](C)CC)NC(=O)[C@@H]2CCCN2C(=O)[C@H](Cc2ccccc2)N(C)C(=O)[C@H](Cc2ccccc2)NC(=O)[C@H](C(C)C)N(C)C1=O. The summed E-state index contributed by atoms with van der Waals surface area (Å²) in [5.74, 6) is -6.64. The summed E-state index contributed by atoms with van der Waals surface area (Å²) in [6, 6.07) is 16.1. The van der Waals surface area contributed by atoms with Gasteiger partial charge in [-0.05, 0) is 135 Å². The van der Waals surface area contributed by atoms with Gasteiger partial charge in [0.2, 0.25) is 41.4 Å². The summed E-state index contributed by atoms with van der Waals surface area (Å²) in [5, 5.41) is 32.6. The number of piperidine rings is 3. The number of aliphatic hydroxyl groups is 2. The Morgan fingerprint density at radius 2 is 1.24 bits per heavy atom. The van der Waals surface area contributed by atoms with Crippen molar-refractivity contribution in [3.8, 4) is 5.75 Å². The van der Waals surface area contributed by atoms with E-state index in [1.807, 2.05) is 81.4 Å². The van der Waals surface area contributed by atoms with E-state index in [9.17, 15) is 43.8 Å². The number of cyclic esters (lactones) is 1. The average molecular weight is 1430 g/mol. The van der Waals surface area contributed by atoms with E-state index in [-0.39, 0.29) is 44.2 Å². The van der Waals surface area contributed by atoms with Gasteiger partial charge in [0, 0.05) is 77.7 Å². The lowest BCUT2D eigenvalue weighted by Gasteiger charge is -2.50. The van der Waals surface area contributed by atoms with Crippen LogP contribution in [-0.4, -0.2) is 219 Å². The Balaban J connectivity index is 0.000000512. The van der Waals surface area contributed by atoms with Crippen LogP contribution in [0.1, 0.15) is 151 Å². The maximum atomic E-state index is 15.3. The second kappa shape index (κ2) is 36.4. The monoisotopic (exact) mass is 1420 g/mol. The summed E-state index contributed by atoms with van der Waals surface area (Å²) >= 11 is 0. The third kappa shape index (κ3) is 19.8. The number of carbonyl (C=O) groups is 9. The molecule has 6 heterocycles. The highest BCUT2D eigenvalue weighted by Gasteiger charge is 2.49. The van der Waals surface area contributed by atoms with Crippen LogP contribution in [0.4, 0.5) is 0 Å². The number of aliphatic hydroxyl groups excluding tert-OH is 1. The van der Waals surface area contributed by atoms with Crippen LogP contribution < -0.4 is 20.7 Å². The summed E-state index contributed by atoms with van der Waals surface area (Å²) in [6.45, 7) is 26.7. The Morgan fingerprint density at radius 3 is 1.78 bits per heavy atom. The predicted octanol–water partition coefficient (Wildman–Crippen LogP) is 7.55. The highest BCUT2D eigenvalue weighted by molar-refractivity contribution is 5.99. The Kier molecular flexibility index (Phi) is 29.0. The van der Waals surface area contributed by atoms with Crippen LogP contribution in [0.15, 0.2) is 104 Å². The minimum Gasteiger partial charge on any atom is -0.497 e. The molecule has 5 saturated heterocycles. The molecule has 4 aromatic rings. The first-order valence-electron chi connectivity index (χ1n) is 37.0. The summed E-state index contributed by atoms with van der Waals surface area (Å²) in [5.41, 5.74) is 1.29. The number of amides is 8. The van der Waals surface area contributed by atoms with E-state index in [4.69, 9.17) is 9.47 Å². The van der Waals surface area contributed by atoms with Gasteiger partial charge in [0.25, 0.3) is 5.91 Å². The Hall–Kier alpha value is -8.28. The van der Waals surface area contributed by atoms with Crippen molar-refractivity contribution in [3.63, 3.8) is 0 Å². The fourth-order valence-electron chi connectivity index (χ4n) is 15.4. The molecule has 5 aliphatic heterocycles. The number of nitrogens with one attached hydrogen (secondary N) is 3. The van der Waals surface area contributed by atoms with Gasteiger partial charge in [-0.1, -0.05) is 142 Å². The standard InChI is InChI=1S/C60H92N8O11.C20H24N2O2/c1-17-38(9)46-57(75)65(14)47(36(5)6)52(70)61-42(32-35(3)4)55(73)67(16)50(60(11,12)78)59(77)79-49(39(10)18-2)58(76)66(15)48(37(7)8)53(71)62-43(33-40-26-21-19-22-27-40)54(72)64(13)45(34-41-28-23-20-24-29-41)56(74)68-31-25-30-44(68)51(69)63-46;1-3-13-12-22-9-7-14(13)10-19(22)20(23)16-6-8-21-18-5-4-15(24-2)11-17(16)18/h19-24,26-29,35-39,42-50,78H,17-18,25,30-34H2,1-16H3,(H,61,70)(H,62,71)(H,63,69);3-6,8,11,13-14,19-20,23H,1,7,9-10,12H2,2H3/t38-,39+,42-,43-,44-,45-,46-,47-,48-,49+,50-;13-,14?,19+,20-/m00/s1. The van der Waals surface area contributed by atoms with Crippen LogP contribution in [0, 0.1) is 41.4 Å². The number of ether oxygens (including phenoxy) is 2. The maximum Gasteiger partial charge on any atom is 0.332 e. The Labute approximate surface area is 610 Å². The molecule has 2 unspecified atom stereocenters. The van der Waals surface area contributed by atoms with Gasteiger partial charge in [-0.25, -0.2) is 4.79 Å². The first kappa shape index (κ1) is 82.0. The molecule has 0 aliphatic carbocycles. The smallest absolute Gasteiger partial charge is 0.332 e. The molecule has 103 heavy (non-hydrogen) atoms. The van der Waals surface area contributed by atoms with Crippen LogP contribution in [0.5, 0.6) is 5.75 Å². The van der Waals surface area contributed by atoms with Gasteiger partial charge in [-0.15, -0.1) is 6.58 Å². The molecule has 5 N–H and O–H groups in total. The lowest BCUT2D eigenvalue weighted by atomic mass is 9.73. The molecule has 2 bridgehead atoms. The number of carbonyl (C=O) groups excluding carboxylic acids is 9. The van der Waals surface area contributed by atoms with Gasteiger partial charge in [0.05, 0.1) is 24.3 Å². The third-order valence-corrected chi connectivity index (χ3v) is 21.6. The van der Waals surface area contributed by atoms with Gasteiger partial charge in [-0.3, -0.25) is 48.2 Å². The Bertz CT molecular complexity index is 3590. The van der Waals surface area contributed by atoms with E-state index in [1.54, 1.807) is 86.0 Å². The Morgan fingerprint density at radius 1 is 0.670 bits per heavy atom. The quantitative estimate of drug-likeness (QED) is 0.0504. The van der Waals surface area contributed by atoms with Crippen molar-refractivity contribution in [3.05, 3.63) is 120 Å². The van der Waals surface area contributed by atoms with Crippen LogP contribution in [-0.2, 0) is 60.7 Å². The number of esters is 1. The number of nitrogens with zero attached hydrogens (tertiary/aromatic N) is 7. The molecule has 9 rings (SSSR count). The number of fused-ring (bicyclic) bond motifs is 5. The second-order valence-electron chi connectivity index (χ2n) is 30.7. The number of likely N-dealkylation sites (N-methyl/N-ethyl adjacent to an activating group) is 4. The van der Waals surface area contributed by atoms with E-state index in [0.717, 1.165) is 52.2 Å². The molecule has 23 heteroatoms. The number of pyridine rings is 1. The molecule has 16 atom stereocenters. The first-order chi connectivity index (χ1) is 48.7. The minimum atomic E-state index is -1.97. The minimum absolute atomic E-state index is 0.00676. The van der Waals surface area contributed by atoms with Gasteiger partial charge in [0.1, 0.15) is 48.0 Å². The fraction of sp³-hybridized carbons (Fsp3) is 0.600. The van der Waals surface area contributed by atoms with Gasteiger partial charge >= 0.3 is 5.97 Å². The van der Waals surface area contributed by atoms with E-state index >= 15 is 9.59 Å². The molecule has 1 aromatic heterocycles. The molecule has 0 spiro atoms. The van der Waals surface area contributed by atoms with E-state index in [0.29, 0.717) is 36.7 Å². The van der Waals surface area contributed by atoms with E-state index < -0.39 is 143 Å². The zero-order valence-electron chi connectivity index (χ0n) is 63.8. The predicted molar refractivity (Wildman–Crippen MR) is 396 cm³/mol. The number of aromatic nitrogens is 1. The van der Waals surface area contributed by atoms with Gasteiger partial charge < -0.3 is 60.1 Å². The number of rotatable bonds is 17. The molecule has 3 aromatic carbocycles. The van der Waals surface area contributed by atoms with Crippen LogP contribution >= 0.6 is 0 Å². The maximum absolute atomic E-state index is 15.3. The van der Waals surface area contributed by atoms with E-state index in [1.165, 1.54) is 68.1 Å². The highest BCUT2D eigenvalue weighted by atomic mass is 16.6. The van der Waals surface area contributed by atoms with Crippen molar-refractivity contribution in [1.82, 2.24) is 50.3 Å². The molecule has 0 radical (unpaired) electrons. The van der Waals surface area contributed by atoms with Gasteiger partial charge in [-0.2, -0.15) is 0 Å². The lowest BCUT2D eigenvalue weighted by molar-refractivity contribution is -0.177. The molecule has 8 amide bonds. The number of benzene rings is 3. The molecular weight excluding hydrogens is 1310 g/mol. The zero-order valence-corrected chi connectivity index (χ0v) is 63.8. The van der Waals surface area contributed by atoms with Crippen molar-refractivity contribution in [2.75, 3.05) is 54.9 Å². The third-order valence-electron chi connectivity index (χ3n) is 21.6. The largest absolute Gasteiger partial charge is 0.497 e. The van der Waals surface area contributed by atoms with Crippen LogP contribution in [0.2, 0.25) is 0 Å². The van der Waals surface area contributed by atoms with Crippen LogP contribution in [0.25, 0.3) is 10.9 Å². The normalized spacial score (nSPS) is 27.4. The van der Waals surface area contributed by atoms with Crippen LogP contribution in [0.3, 0.4) is 0 Å². The zero-order chi connectivity index (χ0) is 76.1. The molecular formula is C80H116N10O13. The number of hydrogen-bond donors (Lipinski definition) is 5. The van der Waals surface area contributed by atoms with E-state index in [2.05, 4.69) is 38.5 Å². The summed E-state index contributed by atoms with van der Waals surface area (Å²) < 4.78 is 11.4. The molecule has 5 aliphatic rings. The highest BCUT2D eigenvalue weighted by Crippen LogP contribution is 2.42. The second-order valence-corrected chi connectivity index (χ2v) is 30.7. The lowest BCUT2D eigenvalue weighted by Crippen LogP contribution is -2.63. The molecule has 5 fully saturated rings. The average Bonchev–Trinajstić information content (AvgIpc) is 1.00. The van der Waals surface area contributed by atoms with Crippen molar-refractivity contribution >= 4 is 64.1 Å². The van der Waals surface area contributed by atoms with Crippen molar-refractivity contribution < 1.29 is 62.8 Å². The summed E-state index contributed by atoms with van der Waals surface area (Å²) in [6.07, 6.45) is 5.72. The number of hydrogen-bond acceptors (Lipinski definition) is 15. The summed E-state index contributed by atoms with van der Waals surface area (Å²) in [4.78, 5) is 147. The van der Waals surface area contributed by atoms with Crippen molar-refractivity contribution in [2.45, 2.75) is 213 Å². The van der Waals surface area contributed by atoms with Gasteiger partial charge in [0.15, 0.2) is 12.1 Å². The van der Waals surface area contributed by atoms with Crippen molar-refractivity contribution in [1.29, 1.82) is 0 Å². The molecule has 0 saturated carbocycles. The molecule has 23 nitrogen and oxygen atoms in total. The van der Waals surface area contributed by atoms with Crippen molar-refractivity contribution in [2.24, 2.45) is 41.4 Å². The summed E-state index contributed by atoms with van der Waals surface area (Å²) in [7, 11) is 7.33. The topological polar surface area (TPSA) is 281 Å². The fourth-order valence-corrected chi connectivity index (χ4v) is 15.4. The molecule has 564 valence electrons. The first-order valence-corrected chi connectivity index (χ1v) is 37.0. The number of methoxy groups -OCH3 is 1.